The first-order valence-electron chi connectivity index (χ1n) is 6.32. The Kier molecular flexibility index (Phi) is 5.12. The molecule has 0 fully saturated rings. The highest BCUT2D eigenvalue weighted by molar-refractivity contribution is 5.79. The predicted octanol–water partition coefficient (Wildman–Crippen LogP) is 1.89. The molecule has 7 heteroatoms. The van der Waals surface area contributed by atoms with E-state index in [4.69, 9.17) is 14.4 Å². The van der Waals surface area contributed by atoms with Crippen molar-refractivity contribution in [3.8, 4) is 0 Å². The number of nitrogens with one attached hydrogen (secondary N) is 1. The molecule has 112 valence electrons. The number of nitrogens with zero attached hydrogens (tertiary/aromatic N) is 1. The maximum atomic E-state index is 11.6. The van der Waals surface area contributed by atoms with E-state index in [1.807, 2.05) is 0 Å². The van der Waals surface area contributed by atoms with Crippen LogP contribution in [-0.4, -0.2) is 34.0 Å². The van der Waals surface area contributed by atoms with Gasteiger partial charge in [-0.3, -0.25) is 0 Å². The maximum Gasteiger partial charge on any atom is 0.408 e. The van der Waals surface area contributed by atoms with Crippen molar-refractivity contribution < 1.29 is 24.0 Å². The zero-order chi connectivity index (χ0) is 15.3. The van der Waals surface area contributed by atoms with Gasteiger partial charge < -0.3 is 19.7 Å². The second kappa shape index (κ2) is 6.40. The molecule has 1 atom stereocenters. The SMILES string of the molecule is Cc1cc(CC[C@H](NC(=O)OC(C)(C)C)C(=O)O)on1. The van der Waals surface area contributed by atoms with E-state index in [1.165, 1.54) is 0 Å². The van der Waals surface area contributed by atoms with Crippen molar-refractivity contribution in [2.45, 2.75) is 52.2 Å². The smallest absolute Gasteiger partial charge is 0.408 e. The third-order valence-corrected chi connectivity index (χ3v) is 2.35. The number of alkyl carbamates (subject to hydrolysis) is 1. The first-order valence-corrected chi connectivity index (χ1v) is 6.32. The number of carboxylic acids is 1. The Labute approximate surface area is 117 Å². The minimum atomic E-state index is -1.12. The Morgan fingerprint density at radius 1 is 1.50 bits per heavy atom. The molecular formula is C13H20N2O5. The molecule has 20 heavy (non-hydrogen) atoms. The van der Waals surface area contributed by atoms with Crippen LogP contribution < -0.4 is 5.32 Å². The molecule has 0 aliphatic rings. The summed E-state index contributed by atoms with van der Waals surface area (Å²) in [6, 6.07) is 0.696. The molecule has 0 spiro atoms. The van der Waals surface area contributed by atoms with Crippen molar-refractivity contribution in [3.05, 3.63) is 17.5 Å². The van der Waals surface area contributed by atoms with Gasteiger partial charge in [-0.2, -0.15) is 0 Å². The summed E-state index contributed by atoms with van der Waals surface area (Å²) in [7, 11) is 0. The summed E-state index contributed by atoms with van der Waals surface area (Å²) in [6.07, 6.45) is -0.185. The molecule has 0 radical (unpaired) electrons. The van der Waals surface area contributed by atoms with Crippen molar-refractivity contribution in [2.75, 3.05) is 0 Å². The summed E-state index contributed by atoms with van der Waals surface area (Å²) < 4.78 is 10.0. The van der Waals surface area contributed by atoms with E-state index in [-0.39, 0.29) is 6.42 Å². The molecular weight excluding hydrogens is 264 g/mol. The van der Waals surface area contributed by atoms with E-state index < -0.39 is 23.7 Å². The molecule has 1 aromatic heterocycles. The van der Waals surface area contributed by atoms with Gasteiger partial charge in [-0.25, -0.2) is 9.59 Å². The van der Waals surface area contributed by atoms with E-state index in [1.54, 1.807) is 33.8 Å². The lowest BCUT2D eigenvalue weighted by Gasteiger charge is -2.21. The zero-order valence-corrected chi connectivity index (χ0v) is 12.1. The van der Waals surface area contributed by atoms with Crippen LogP contribution in [0.4, 0.5) is 4.79 Å². The van der Waals surface area contributed by atoms with E-state index >= 15 is 0 Å². The van der Waals surface area contributed by atoms with Crippen molar-refractivity contribution in [1.82, 2.24) is 10.5 Å². The van der Waals surface area contributed by atoms with Gasteiger partial charge in [0.2, 0.25) is 0 Å². The van der Waals surface area contributed by atoms with Gasteiger partial charge in [-0.15, -0.1) is 0 Å². The molecule has 1 amide bonds. The molecule has 0 saturated carbocycles. The first-order chi connectivity index (χ1) is 9.17. The van der Waals surface area contributed by atoms with Crippen molar-refractivity contribution in [2.24, 2.45) is 0 Å². The van der Waals surface area contributed by atoms with Crippen LogP contribution in [0.25, 0.3) is 0 Å². The van der Waals surface area contributed by atoms with Gasteiger partial charge in [-0.1, -0.05) is 5.16 Å². The fraction of sp³-hybridized carbons (Fsp3) is 0.615. The van der Waals surface area contributed by atoms with Crippen LogP contribution in [0.15, 0.2) is 10.6 Å². The van der Waals surface area contributed by atoms with Crippen LogP contribution in [0.5, 0.6) is 0 Å². The quantitative estimate of drug-likeness (QED) is 0.856. The number of carboxylic acid groups (broad SMARTS) is 1. The molecule has 1 heterocycles. The van der Waals surface area contributed by atoms with E-state index in [0.717, 1.165) is 5.69 Å². The van der Waals surface area contributed by atoms with Crippen LogP contribution in [0.1, 0.15) is 38.6 Å². The number of carbonyl (C=O) groups excluding carboxylic acids is 1. The van der Waals surface area contributed by atoms with Gasteiger partial charge >= 0.3 is 12.1 Å². The molecule has 0 unspecified atom stereocenters. The molecule has 7 nitrogen and oxygen atoms in total. The highest BCUT2D eigenvalue weighted by Gasteiger charge is 2.24. The molecule has 0 saturated heterocycles. The minimum Gasteiger partial charge on any atom is -0.480 e. The summed E-state index contributed by atoms with van der Waals surface area (Å²) in [5.74, 6) is -0.535. The molecule has 0 aliphatic heterocycles. The number of ether oxygens (including phenoxy) is 1. The minimum absolute atomic E-state index is 0.198. The third-order valence-electron chi connectivity index (χ3n) is 2.35. The van der Waals surface area contributed by atoms with Crippen LogP contribution in [-0.2, 0) is 16.0 Å². The normalized spacial score (nSPS) is 12.8. The summed E-state index contributed by atoms with van der Waals surface area (Å²) in [5.41, 5.74) is 0.0572. The number of aryl methyl sites for hydroxylation is 2. The summed E-state index contributed by atoms with van der Waals surface area (Å²) >= 11 is 0. The molecule has 0 aliphatic carbocycles. The average molecular weight is 284 g/mol. The van der Waals surface area contributed by atoms with Gasteiger partial charge in [0.15, 0.2) is 0 Å². The topological polar surface area (TPSA) is 102 Å². The molecule has 1 aromatic rings. The van der Waals surface area contributed by atoms with E-state index in [2.05, 4.69) is 10.5 Å². The first kappa shape index (κ1) is 16.0. The van der Waals surface area contributed by atoms with Gasteiger partial charge in [0, 0.05) is 12.5 Å². The second-order valence-electron chi connectivity index (χ2n) is 5.51. The van der Waals surface area contributed by atoms with Crippen molar-refractivity contribution >= 4 is 12.1 Å². The highest BCUT2D eigenvalue weighted by Crippen LogP contribution is 2.10. The lowest BCUT2D eigenvalue weighted by Crippen LogP contribution is -2.43. The number of aliphatic carboxylic acids is 1. The average Bonchev–Trinajstić information content (AvgIpc) is 2.67. The van der Waals surface area contributed by atoms with Gasteiger partial charge in [0.1, 0.15) is 17.4 Å². The van der Waals surface area contributed by atoms with E-state index in [0.29, 0.717) is 12.2 Å². The third kappa shape index (κ3) is 5.73. The van der Waals surface area contributed by atoms with Gasteiger partial charge in [-0.05, 0) is 34.1 Å². The Morgan fingerprint density at radius 3 is 2.60 bits per heavy atom. The Hall–Kier alpha value is -2.05. The fourth-order valence-electron chi connectivity index (χ4n) is 1.53. The lowest BCUT2D eigenvalue weighted by molar-refractivity contribution is -0.139. The van der Waals surface area contributed by atoms with Crippen molar-refractivity contribution in [1.29, 1.82) is 0 Å². The molecule has 1 rings (SSSR count). The monoisotopic (exact) mass is 284 g/mol. The number of hydrogen-bond donors (Lipinski definition) is 2. The van der Waals surface area contributed by atoms with Crippen LogP contribution >= 0.6 is 0 Å². The van der Waals surface area contributed by atoms with Gasteiger partial charge in [0.05, 0.1) is 5.69 Å². The van der Waals surface area contributed by atoms with E-state index in [9.17, 15) is 9.59 Å². The van der Waals surface area contributed by atoms with Gasteiger partial charge in [0.25, 0.3) is 0 Å². The lowest BCUT2D eigenvalue weighted by atomic mass is 10.1. The molecule has 2 N–H and O–H groups in total. The Balaban J connectivity index is 2.52. The number of aromatic nitrogens is 1. The number of carbonyl (C=O) groups is 2. The van der Waals surface area contributed by atoms with Crippen LogP contribution in [0, 0.1) is 6.92 Å². The summed E-state index contributed by atoms with van der Waals surface area (Å²) in [6.45, 7) is 6.90. The summed E-state index contributed by atoms with van der Waals surface area (Å²) in [5, 5.41) is 15.1. The maximum absolute atomic E-state index is 11.6. The summed E-state index contributed by atoms with van der Waals surface area (Å²) in [4.78, 5) is 22.7. The van der Waals surface area contributed by atoms with Crippen LogP contribution in [0.3, 0.4) is 0 Å². The standard InChI is InChI=1S/C13H20N2O5/c1-8-7-9(20-15-8)5-6-10(11(16)17)14-12(18)19-13(2,3)4/h7,10H,5-6H2,1-4H3,(H,14,18)(H,16,17)/t10-/m0/s1. The zero-order valence-electron chi connectivity index (χ0n) is 12.1. The number of hydrogen-bond acceptors (Lipinski definition) is 5. The molecule has 0 bridgehead atoms. The van der Waals surface area contributed by atoms with Crippen molar-refractivity contribution in [3.63, 3.8) is 0 Å². The van der Waals surface area contributed by atoms with Crippen LogP contribution in [0.2, 0.25) is 0 Å². The highest BCUT2D eigenvalue weighted by atomic mass is 16.6. The molecule has 0 aromatic carbocycles. The number of rotatable bonds is 5. The Morgan fingerprint density at radius 2 is 2.15 bits per heavy atom. The number of amides is 1. The second-order valence-corrected chi connectivity index (χ2v) is 5.51. The predicted molar refractivity (Wildman–Crippen MR) is 70.4 cm³/mol. The fourth-order valence-corrected chi connectivity index (χ4v) is 1.53. The largest absolute Gasteiger partial charge is 0.480 e. The Bertz CT molecular complexity index is 475.